The summed E-state index contributed by atoms with van der Waals surface area (Å²) >= 11 is 0. The quantitative estimate of drug-likeness (QED) is 0.657. The lowest BCUT2D eigenvalue weighted by Crippen LogP contribution is -2.38. The molecule has 13 heavy (non-hydrogen) atoms. The third kappa shape index (κ3) is 5.22. The van der Waals surface area contributed by atoms with Gasteiger partial charge >= 0.3 is 0 Å². The molecule has 0 saturated heterocycles. The standard InChI is InChI=1S/C9H18N2O2/c1-3-5-9(13)11(6-4-2)7-8(10)12/h3-7H2,1-2H3,(H2,10,12). The van der Waals surface area contributed by atoms with E-state index in [1.54, 1.807) is 0 Å². The van der Waals surface area contributed by atoms with Crippen LogP contribution in [0.3, 0.4) is 0 Å². The van der Waals surface area contributed by atoms with Crippen LogP contribution in [0.25, 0.3) is 0 Å². The fourth-order valence-electron chi connectivity index (χ4n) is 1.12. The van der Waals surface area contributed by atoms with Crippen molar-refractivity contribution in [2.75, 3.05) is 13.1 Å². The van der Waals surface area contributed by atoms with E-state index < -0.39 is 5.91 Å². The molecule has 0 aromatic heterocycles. The topological polar surface area (TPSA) is 63.4 Å². The van der Waals surface area contributed by atoms with Gasteiger partial charge in [-0.15, -0.1) is 0 Å². The molecule has 0 aromatic rings. The lowest BCUT2D eigenvalue weighted by atomic mass is 10.3. The maximum absolute atomic E-state index is 11.4. The molecule has 0 saturated carbocycles. The summed E-state index contributed by atoms with van der Waals surface area (Å²) < 4.78 is 0. The van der Waals surface area contributed by atoms with Crippen molar-refractivity contribution in [2.45, 2.75) is 33.1 Å². The van der Waals surface area contributed by atoms with Crippen molar-refractivity contribution in [3.05, 3.63) is 0 Å². The predicted octanol–water partition coefficient (Wildman–Crippen LogP) is 0.510. The van der Waals surface area contributed by atoms with Gasteiger partial charge in [0.25, 0.3) is 0 Å². The summed E-state index contributed by atoms with van der Waals surface area (Å²) in [6.07, 6.45) is 2.15. The van der Waals surface area contributed by atoms with Gasteiger partial charge in [0.1, 0.15) is 0 Å². The Morgan fingerprint density at radius 1 is 1.23 bits per heavy atom. The Morgan fingerprint density at radius 3 is 2.23 bits per heavy atom. The minimum absolute atomic E-state index is 0.0168. The SMILES string of the molecule is CCCC(=O)N(CCC)CC(N)=O. The summed E-state index contributed by atoms with van der Waals surface area (Å²) in [6.45, 7) is 4.56. The van der Waals surface area contributed by atoms with Crippen molar-refractivity contribution < 1.29 is 9.59 Å². The summed E-state index contributed by atoms with van der Waals surface area (Å²) in [5, 5.41) is 0. The average molecular weight is 186 g/mol. The van der Waals surface area contributed by atoms with Crippen LogP contribution in [0, 0.1) is 0 Å². The number of nitrogens with zero attached hydrogens (tertiary/aromatic N) is 1. The Balaban J connectivity index is 4.06. The van der Waals surface area contributed by atoms with Gasteiger partial charge in [-0.3, -0.25) is 9.59 Å². The molecule has 0 bridgehead atoms. The van der Waals surface area contributed by atoms with E-state index in [4.69, 9.17) is 5.73 Å². The molecule has 0 radical (unpaired) electrons. The zero-order valence-corrected chi connectivity index (χ0v) is 8.38. The molecule has 4 heteroatoms. The molecule has 0 aliphatic rings. The van der Waals surface area contributed by atoms with Crippen molar-refractivity contribution in [3.8, 4) is 0 Å². The van der Waals surface area contributed by atoms with Gasteiger partial charge in [-0.25, -0.2) is 0 Å². The second-order valence-corrected chi connectivity index (χ2v) is 3.03. The minimum Gasteiger partial charge on any atom is -0.368 e. The number of primary amides is 1. The van der Waals surface area contributed by atoms with Crippen molar-refractivity contribution >= 4 is 11.8 Å². The van der Waals surface area contributed by atoms with Crippen molar-refractivity contribution in [1.29, 1.82) is 0 Å². The maximum Gasteiger partial charge on any atom is 0.237 e. The van der Waals surface area contributed by atoms with Crippen LogP contribution in [0.1, 0.15) is 33.1 Å². The molecule has 0 aliphatic carbocycles. The van der Waals surface area contributed by atoms with Crippen LogP contribution in [0.15, 0.2) is 0 Å². The molecular formula is C9H18N2O2. The van der Waals surface area contributed by atoms with E-state index in [9.17, 15) is 9.59 Å². The average Bonchev–Trinajstić information content (AvgIpc) is 2.03. The first-order valence-electron chi connectivity index (χ1n) is 4.67. The summed E-state index contributed by atoms with van der Waals surface area (Å²) in [5.74, 6) is -0.430. The molecule has 0 atom stereocenters. The van der Waals surface area contributed by atoms with E-state index in [2.05, 4.69) is 0 Å². The van der Waals surface area contributed by atoms with Crippen LogP contribution < -0.4 is 5.73 Å². The van der Waals surface area contributed by atoms with Gasteiger partial charge < -0.3 is 10.6 Å². The van der Waals surface area contributed by atoms with E-state index in [-0.39, 0.29) is 12.5 Å². The van der Waals surface area contributed by atoms with Crippen LogP contribution in [-0.4, -0.2) is 29.8 Å². The number of carbonyl (C=O) groups excluding carboxylic acids is 2. The second kappa shape index (κ2) is 6.46. The Morgan fingerprint density at radius 2 is 1.85 bits per heavy atom. The van der Waals surface area contributed by atoms with Gasteiger partial charge in [0, 0.05) is 13.0 Å². The van der Waals surface area contributed by atoms with Crippen molar-refractivity contribution in [2.24, 2.45) is 5.73 Å². The molecule has 2 amide bonds. The Hall–Kier alpha value is -1.06. The highest BCUT2D eigenvalue weighted by Gasteiger charge is 2.13. The number of carbonyl (C=O) groups is 2. The monoisotopic (exact) mass is 186 g/mol. The molecule has 76 valence electrons. The van der Waals surface area contributed by atoms with E-state index in [0.29, 0.717) is 13.0 Å². The lowest BCUT2D eigenvalue weighted by molar-refractivity contribution is -0.135. The molecule has 0 fully saturated rings. The van der Waals surface area contributed by atoms with E-state index in [1.165, 1.54) is 4.90 Å². The van der Waals surface area contributed by atoms with E-state index in [1.807, 2.05) is 13.8 Å². The normalized spacial score (nSPS) is 9.69. The van der Waals surface area contributed by atoms with Crippen molar-refractivity contribution in [1.82, 2.24) is 4.90 Å². The first-order chi connectivity index (χ1) is 6.11. The third-order valence-electron chi connectivity index (χ3n) is 1.66. The number of hydrogen-bond donors (Lipinski definition) is 1. The highest BCUT2D eigenvalue weighted by atomic mass is 16.2. The highest BCUT2D eigenvalue weighted by molar-refractivity contribution is 5.83. The van der Waals surface area contributed by atoms with Gasteiger partial charge in [-0.1, -0.05) is 13.8 Å². The number of rotatable bonds is 6. The molecule has 0 heterocycles. The minimum atomic E-state index is -0.446. The lowest BCUT2D eigenvalue weighted by Gasteiger charge is -2.19. The van der Waals surface area contributed by atoms with Gasteiger partial charge in [-0.2, -0.15) is 0 Å². The zero-order valence-electron chi connectivity index (χ0n) is 8.38. The maximum atomic E-state index is 11.4. The van der Waals surface area contributed by atoms with Crippen LogP contribution in [-0.2, 0) is 9.59 Å². The summed E-state index contributed by atoms with van der Waals surface area (Å²) in [4.78, 5) is 23.5. The van der Waals surface area contributed by atoms with E-state index in [0.717, 1.165) is 12.8 Å². The number of nitrogens with two attached hydrogens (primary N) is 1. The number of hydrogen-bond acceptors (Lipinski definition) is 2. The van der Waals surface area contributed by atoms with E-state index >= 15 is 0 Å². The largest absolute Gasteiger partial charge is 0.368 e. The first-order valence-corrected chi connectivity index (χ1v) is 4.67. The molecule has 0 rings (SSSR count). The smallest absolute Gasteiger partial charge is 0.237 e. The van der Waals surface area contributed by atoms with Gasteiger partial charge in [-0.05, 0) is 12.8 Å². The van der Waals surface area contributed by atoms with Crippen LogP contribution in [0.4, 0.5) is 0 Å². The molecule has 0 spiro atoms. The number of amides is 2. The van der Waals surface area contributed by atoms with Gasteiger partial charge in [0.2, 0.25) is 11.8 Å². The molecule has 4 nitrogen and oxygen atoms in total. The molecule has 2 N–H and O–H groups in total. The Kier molecular flexibility index (Phi) is 5.93. The first kappa shape index (κ1) is 11.9. The van der Waals surface area contributed by atoms with Crippen molar-refractivity contribution in [3.63, 3.8) is 0 Å². The predicted molar refractivity (Wildman–Crippen MR) is 51.0 cm³/mol. The van der Waals surface area contributed by atoms with Crippen LogP contribution in [0.5, 0.6) is 0 Å². The fourth-order valence-corrected chi connectivity index (χ4v) is 1.12. The molecule has 0 unspecified atom stereocenters. The molecule has 0 aromatic carbocycles. The van der Waals surface area contributed by atoms with Gasteiger partial charge in [0.15, 0.2) is 0 Å². The van der Waals surface area contributed by atoms with Gasteiger partial charge in [0.05, 0.1) is 6.54 Å². The molecular weight excluding hydrogens is 168 g/mol. The molecule has 0 aliphatic heterocycles. The summed E-state index contributed by atoms with van der Waals surface area (Å²) in [7, 11) is 0. The fraction of sp³-hybridized carbons (Fsp3) is 0.778. The third-order valence-corrected chi connectivity index (χ3v) is 1.66. The van der Waals surface area contributed by atoms with Crippen LogP contribution in [0.2, 0.25) is 0 Å². The van der Waals surface area contributed by atoms with Crippen LogP contribution >= 0.6 is 0 Å². The zero-order chi connectivity index (χ0) is 10.3. The highest BCUT2D eigenvalue weighted by Crippen LogP contribution is 1.98. The Bertz CT molecular complexity index is 180. The second-order valence-electron chi connectivity index (χ2n) is 3.03. The summed E-state index contributed by atoms with van der Waals surface area (Å²) in [6, 6.07) is 0. The summed E-state index contributed by atoms with van der Waals surface area (Å²) in [5.41, 5.74) is 5.02. The Labute approximate surface area is 79.1 Å².